The third kappa shape index (κ3) is 6.07. The molecular weight excluding hydrogens is 540 g/mol. The van der Waals surface area contributed by atoms with E-state index in [1.807, 2.05) is 37.3 Å². The Hall–Kier alpha value is -5.25. The van der Waals surface area contributed by atoms with Crippen LogP contribution in [0.3, 0.4) is 0 Å². The molecule has 1 aromatic heterocycles. The lowest BCUT2D eigenvalue weighted by molar-refractivity contribution is -0.131. The normalized spacial score (nSPS) is 13.6. The Labute approximate surface area is 241 Å². The van der Waals surface area contributed by atoms with Gasteiger partial charge in [0.25, 0.3) is 0 Å². The molecule has 214 valence electrons. The summed E-state index contributed by atoms with van der Waals surface area (Å²) in [5.41, 5.74) is 2.47. The molecule has 10 heteroatoms. The molecule has 0 spiro atoms. The summed E-state index contributed by atoms with van der Waals surface area (Å²) in [6, 6.07) is 18.9. The molecule has 0 bridgehead atoms. The molecule has 1 aliphatic carbocycles. The van der Waals surface area contributed by atoms with E-state index < -0.39 is 28.9 Å². The molecule has 0 atom stereocenters. The van der Waals surface area contributed by atoms with Crippen LogP contribution in [0.25, 0.3) is 16.9 Å². The van der Waals surface area contributed by atoms with Crippen LogP contribution in [0.5, 0.6) is 5.75 Å². The van der Waals surface area contributed by atoms with Crippen molar-refractivity contribution >= 4 is 40.9 Å². The number of hydrogen-bond donors (Lipinski definition) is 5. The van der Waals surface area contributed by atoms with Gasteiger partial charge in [-0.1, -0.05) is 12.1 Å². The highest BCUT2D eigenvalue weighted by atomic mass is 19.1. The van der Waals surface area contributed by atoms with Crippen LogP contribution >= 0.6 is 0 Å². The van der Waals surface area contributed by atoms with Gasteiger partial charge in [0, 0.05) is 53.7 Å². The second-order valence-electron chi connectivity index (χ2n) is 9.82. The number of H-pyrrole nitrogens is 1. The topological polar surface area (TPSA) is 119 Å². The number of ether oxygens (including phenoxy) is 1. The predicted molar refractivity (Wildman–Crippen MR) is 160 cm³/mol. The Morgan fingerprint density at radius 3 is 2.33 bits per heavy atom. The number of nitrogens with one attached hydrogen (secondary N) is 5. The molecule has 0 unspecified atom stereocenters. The van der Waals surface area contributed by atoms with Gasteiger partial charge in [0.15, 0.2) is 17.3 Å². The third-order valence-corrected chi connectivity index (χ3v) is 6.91. The second kappa shape index (κ2) is 12.1. The highest BCUT2D eigenvalue weighted by Crippen LogP contribution is 2.47. The van der Waals surface area contributed by atoms with E-state index in [0.29, 0.717) is 24.2 Å². The maximum atomic E-state index is 15.2. The Bertz CT molecular complexity index is 1660. The van der Waals surface area contributed by atoms with Crippen molar-refractivity contribution in [3.8, 4) is 16.9 Å². The molecule has 2 amide bonds. The maximum absolute atomic E-state index is 15.2. The summed E-state index contributed by atoms with van der Waals surface area (Å²) in [4.78, 5) is 28.9. The molecule has 0 radical (unpaired) electrons. The zero-order chi connectivity index (χ0) is 29.7. The second-order valence-corrected chi connectivity index (χ2v) is 9.82. The number of aromatic amines is 1. The molecule has 1 aliphatic rings. The number of hydrogen-bond acceptors (Lipinski definition) is 5. The summed E-state index contributed by atoms with van der Waals surface area (Å²) in [7, 11) is 0. The lowest BCUT2D eigenvalue weighted by Crippen LogP contribution is -2.35. The van der Waals surface area contributed by atoms with Crippen LogP contribution in [-0.4, -0.2) is 29.6 Å². The van der Waals surface area contributed by atoms with Crippen LogP contribution in [0.1, 0.15) is 25.5 Å². The van der Waals surface area contributed by atoms with E-state index in [2.05, 4.69) is 20.9 Å². The molecule has 1 heterocycles. The van der Waals surface area contributed by atoms with Gasteiger partial charge in [0.1, 0.15) is 11.2 Å². The van der Waals surface area contributed by atoms with E-state index in [1.165, 1.54) is 42.5 Å². The molecule has 4 aromatic rings. The Morgan fingerprint density at radius 2 is 1.67 bits per heavy atom. The Balaban J connectivity index is 1.30. The number of aromatic nitrogens is 1. The highest BCUT2D eigenvalue weighted by molar-refractivity contribution is 6.16. The van der Waals surface area contributed by atoms with Crippen molar-refractivity contribution in [1.82, 2.24) is 4.98 Å². The monoisotopic (exact) mass is 569 g/mol. The SMILES string of the molecule is CCNc1cccc(-c2cc[nH]c2/C(=C\C=N)Oc2ccc(NC(=O)C3(C(=O)Nc4ccc(F)cc4)CC3)cc2F)c1. The van der Waals surface area contributed by atoms with E-state index in [-0.39, 0.29) is 17.2 Å². The van der Waals surface area contributed by atoms with Gasteiger partial charge >= 0.3 is 0 Å². The minimum Gasteiger partial charge on any atom is -0.452 e. The number of amides is 2. The predicted octanol–water partition coefficient (Wildman–Crippen LogP) is 6.82. The average molecular weight is 570 g/mol. The van der Waals surface area contributed by atoms with Crippen molar-refractivity contribution < 1.29 is 23.1 Å². The minimum absolute atomic E-state index is 0.113. The van der Waals surface area contributed by atoms with Crippen LogP contribution in [-0.2, 0) is 9.59 Å². The van der Waals surface area contributed by atoms with Crippen molar-refractivity contribution in [2.45, 2.75) is 19.8 Å². The first-order chi connectivity index (χ1) is 20.3. The standard InChI is InChI=1S/C32H29F2N5O3/c1-2-36-23-5-3-4-20(18-23)25-13-17-37-29(25)28(12-16-35)42-27-11-10-24(19-26(27)34)39-31(41)32(14-15-32)30(40)38-22-8-6-21(33)7-9-22/h3-13,16-19,35-37H,2,14-15H2,1H3,(H,38,40)(H,39,41)/b28-12+,35-16?. The molecule has 0 saturated heterocycles. The fourth-order valence-corrected chi connectivity index (χ4v) is 4.56. The third-order valence-electron chi connectivity index (χ3n) is 6.91. The van der Waals surface area contributed by atoms with Crippen LogP contribution in [0, 0.1) is 22.5 Å². The maximum Gasteiger partial charge on any atom is 0.240 e. The largest absolute Gasteiger partial charge is 0.452 e. The van der Waals surface area contributed by atoms with Crippen LogP contribution in [0.15, 0.2) is 85.1 Å². The molecule has 0 aliphatic heterocycles. The van der Waals surface area contributed by atoms with Crippen LogP contribution < -0.4 is 20.7 Å². The highest BCUT2D eigenvalue weighted by Gasteiger charge is 2.56. The summed E-state index contributed by atoms with van der Waals surface area (Å²) >= 11 is 0. The smallest absolute Gasteiger partial charge is 0.240 e. The van der Waals surface area contributed by atoms with Gasteiger partial charge in [0.2, 0.25) is 11.8 Å². The summed E-state index contributed by atoms with van der Waals surface area (Å²) < 4.78 is 34.3. The molecular formula is C32H29F2N5O3. The number of carbonyl (C=O) groups excluding carboxylic acids is 2. The first-order valence-corrected chi connectivity index (χ1v) is 13.4. The minimum atomic E-state index is -1.28. The molecule has 5 N–H and O–H groups in total. The van der Waals surface area contributed by atoms with E-state index in [1.54, 1.807) is 6.20 Å². The quantitative estimate of drug-likeness (QED) is 0.0774. The Morgan fingerprint density at radius 1 is 0.952 bits per heavy atom. The molecule has 42 heavy (non-hydrogen) atoms. The van der Waals surface area contributed by atoms with Gasteiger partial charge in [0.05, 0.1) is 5.69 Å². The first kappa shape index (κ1) is 28.3. The molecule has 8 nitrogen and oxygen atoms in total. The van der Waals surface area contributed by atoms with Gasteiger partial charge in [-0.25, -0.2) is 8.78 Å². The van der Waals surface area contributed by atoms with Gasteiger partial charge in [-0.2, -0.15) is 0 Å². The van der Waals surface area contributed by atoms with Gasteiger partial charge in [-0.05, 0) is 79.9 Å². The lowest BCUT2D eigenvalue weighted by Gasteiger charge is -2.16. The van der Waals surface area contributed by atoms with Crippen molar-refractivity contribution in [3.63, 3.8) is 0 Å². The number of benzene rings is 3. The number of rotatable bonds is 11. The van der Waals surface area contributed by atoms with Crippen LogP contribution in [0.4, 0.5) is 25.8 Å². The number of allylic oxidation sites excluding steroid dienone is 1. The lowest BCUT2D eigenvalue weighted by atomic mass is 10.0. The summed E-state index contributed by atoms with van der Waals surface area (Å²) in [5, 5.41) is 16.2. The zero-order valence-electron chi connectivity index (χ0n) is 22.8. The molecule has 5 rings (SSSR count). The molecule has 3 aromatic carbocycles. The van der Waals surface area contributed by atoms with Crippen LogP contribution in [0.2, 0.25) is 0 Å². The fraction of sp³-hybridized carbons (Fsp3) is 0.156. The molecule has 1 saturated carbocycles. The fourth-order valence-electron chi connectivity index (χ4n) is 4.56. The van der Waals surface area contributed by atoms with Gasteiger partial charge in [-0.15, -0.1) is 0 Å². The number of anilines is 3. The van der Waals surface area contributed by atoms with E-state index >= 15 is 4.39 Å². The van der Waals surface area contributed by atoms with Gasteiger partial charge in [-0.3, -0.25) is 9.59 Å². The summed E-state index contributed by atoms with van der Waals surface area (Å²) in [5.74, 6) is -2.14. The summed E-state index contributed by atoms with van der Waals surface area (Å²) in [6.07, 6.45) is 4.87. The van der Waals surface area contributed by atoms with E-state index in [9.17, 15) is 14.0 Å². The Kier molecular flexibility index (Phi) is 8.14. The average Bonchev–Trinajstić information content (AvgIpc) is 3.66. The van der Waals surface area contributed by atoms with E-state index in [4.69, 9.17) is 10.1 Å². The van der Waals surface area contributed by atoms with Crippen molar-refractivity contribution in [2.24, 2.45) is 5.41 Å². The van der Waals surface area contributed by atoms with Gasteiger partial charge < -0.3 is 31.1 Å². The zero-order valence-corrected chi connectivity index (χ0v) is 22.8. The summed E-state index contributed by atoms with van der Waals surface area (Å²) in [6.45, 7) is 2.78. The van der Waals surface area contributed by atoms with Crippen molar-refractivity contribution in [3.05, 3.63) is 102 Å². The first-order valence-electron chi connectivity index (χ1n) is 13.4. The number of carbonyl (C=O) groups is 2. The molecule has 1 fully saturated rings. The van der Waals surface area contributed by atoms with Crippen molar-refractivity contribution in [1.29, 1.82) is 5.41 Å². The van der Waals surface area contributed by atoms with E-state index in [0.717, 1.165) is 35.6 Å². The number of halogens is 2. The van der Waals surface area contributed by atoms with Crippen molar-refractivity contribution in [2.75, 3.05) is 22.5 Å².